The smallest absolute Gasteiger partial charge is 0.274 e. The number of rotatable bonds is 5. The van der Waals surface area contributed by atoms with Gasteiger partial charge in [0.25, 0.3) is 5.69 Å². The van der Waals surface area contributed by atoms with Crippen LogP contribution in [0, 0.1) is 17.0 Å². The molecule has 1 amide bonds. The zero-order valence-electron chi connectivity index (χ0n) is 12.3. The Morgan fingerprint density at radius 2 is 2.05 bits per heavy atom. The predicted molar refractivity (Wildman–Crippen MR) is 81.4 cm³/mol. The van der Waals surface area contributed by atoms with E-state index in [0.29, 0.717) is 24.2 Å². The van der Waals surface area contributed by atoms with Crippen molar-refractivity contribution in [1.82, 2.24) is 4.90 Å². The van der Waals surface area contributed by atoms with Gasteiger partial charge < -0.3 is 10.2 Å². The van der Waals surface area contributed by atoms with Gasteiger partial charge in [-0.2, -0.15) is 0 Å². The van der Waals surface area contributed by atoms with Crippen molar-refractivity contribution in [2.45, 2.75) is 32.6 Å². The predicted octanol–water partition coefficient (Wildman–Crippen LogP) is 2.72. The molecule has 0 bridgehead atoms. The van der Waals surface area contributed by atoms with Crippen LogP contribution in [0.3, 0.4) is 0 Å². The SMILES string of the molecule is Cc1ccc(NCCC(=O)N2CCCCC2)cc1[N+](=O)[O-]. The average Bonchev–Trinajstić information content (AvgIpc) is 2.49. The fourth-order valence-corrected chi connectivity index (χ4v) is 2.53. The van der Waals surface area contributed by atoms with E-state index in [1.807, 2.05) is 4.90 Å². The van der Waals surface area contributed by atoms with Gasteiger partial charge in [0.1, 0.15) is 0 Å². The first-order chi connectivity index (χ1) is 10.1. The van der Waals surface area contributed by atoms with Crippen molar-refractivity contribution in [1.29, 1.82) is 0 Å². The molecule has 0 spiro atoms. The summed E-state index contributed by atoms with van der Waals surface area (Å²) in [7, 11) is 0. The minimum absolute atomic E-state index is 0.0994. The van der Waals surface area contributed by atoms with E-state index in [0.717, 1.165) is 25.9 Å². The van der Waals surface area contributed by atoms with Crippen molar-refractivity contribution >= 4 is 17.3 Å². The summed E-state index contributed by atoms with van der Waals surface area (Å²) in [5.41, 5.74) is 1.41. The minimum atomic E-state index is -0.389. The molecule has 1 fully saturated rings. The first-order valence-electron chi connectivity index (χ1n) is 7.34. The van der Waals surface area contributed by atoms with Crippen molar-refractivity contribution in [3.05, 3.63) is 33.9 Å². The second-order valence-corrected chi connectivity index (χ2v) is 5.38. The number of nitro groups is 1. The number of carbonyl (C=O) groups is 1. The maximum atomic E-state index is 12.0. The lowest BCUT2D eigenvalue weighted by molar-refractivity contribution is -0.385. The van der Waals surface area contributed by atoms with E-state index in [4.69, 9.17) is 0 Å². The minimum Gasteiger partial charge on any atom is -0.384 e. The maximum Gasteiger partial charge on any atom is 0.274 e. The van der Waals surface area contributed by atoms with Gasteiger partial charge >= 0.3 is 0 Å². The largest absolute Gasteiger partial charge is 0.384 e. The van der Waals surface area contributed by atoms with Crippen LogP contribution in [0.2, 0.25) is 0 Å². The second-order valence-electron chi connectivity index (χ2n) is 5.38. The highest BCUT2D eigenvalue weighted by molar-refractivity contribution is 5.76. The van der Waals surface area contributed by atoms with Crippen molar-refractivity contribution < 1.29 is 9.72 Å². The zero-order valence-corrected chi connectivity index (χ0v) is 12.3. The number of hydrogen-bond donors (Lipinski definition) is 1. The number of benzene rings is 1. The molecule has 0 aromatic heterocycles. The molecule has 1 aliphatic rings. The van der Waals surface area contributed by atoms with Gasteiger partial charge in [0, 0.05) is 43.4 Å². The van der Waals surface area contributed by atoms with Crippen LogP contribution in [0.4, 0.5) is 11.4 Å². The Morgan fingerprint density at radius 1 is 1.33 bits per heavy atom. The van der Waals surface area contributed by atoms with E-state index < -0.39 is 0 Å². The molecule has 6 heteroatoms. The summed E-state index contributed by atoms with van der Waals surface area (Å²) in [4.78, 5) is 24.4. The quantitative estimate of drug-likeness (QED) is 0.668. The topological polar surface area (TPSA) is 75.5 Å². The summed E-state index contributed by atoms with van der Waals surface area (Å²) in [6.07, 6.45) is 3.80. The molecule has 1 N–H and O–H groups in total. The lowest BCUT2D eigenvalue weighted by Gasteiger charge is -2.26. The summed E-state index contributed by atoms with van der Waals surface area (Å²) in [6.45, 7) is 3.92. The third kappa shape index (κ3) is 4.18. The van der Waals surface area contributed by atoms with E-state index in [-0.39, 0.29) is 16.5 Å². The van der Waals surface area contributed by atoms with Crippen molar-refractivity contribution in [3.8, 4) is 0 Å². The van der Waals surface area contributed by atoms with Gasteiger partial charge in [0.05, 0.1) is 4.92 Å². The Kier molecular flexibility index (Phi) is 5.14. The standard InChI is InChI=1S/C15H21N3O3/c1-12-5-6-13(11-14(12)18(20)21)16-8-7-15(19)17-9-3-2-4-10-17/h5-6,11,16H,2-4,7-10H2,1H3. The Balaban J connectivity index is 1.84. The highest BCUT2D eigenvalue weighted by Gasteiger charge is 2.16. The van der Waals surface area contributed by atoms with Gasteiger partial charge in [-0.3, -0.25) is 14.9 Å². The van der Waals surface area contributed by atoms with Crippen LogP contribution in [0.25, 0.3) is 0 Å². The molecule has 1 saturated heterocycles. The lowest BCUT2D eigenvalue weighted by Crippen LogP contribution is -2.36. The van der Waals surface area contributed by atoms with Crippen LogP contribution in [0.1, 0.15) is 31.2 Å². The van der Waals surface area contributed by atoms with E-state index in [2.05, 4.69) is 5.32 Å². The number of amides is 1. The number of nitro benzene ring substituents is 1. The van der Waals surface area contributed by atoms with Crippen molar-refractivity contribution in [3.63, 3.8) is 0 Å². The first kappa shape index (κ1) is 15.3. The highest BCUT2D eigenvalue weighted by Crippen LogP contribution is 2.22. The van der Waals surface area contributed by atoms with Gasteiger partial charge in [-0.15, -0.1) is 0 Å². The monoisotopic (exact) mass is 291 g/mol. The molecule has 21 heavy (non-hydrogen) atoms. The lowest BCUT2D eigenvalue weighted by atomic mass is 10.1. The molecule has 0 atom stereocenters. The fourth-order valence-electron chi connectivity index (χ4n) is 2.53. The molecule has 0 aliphatic carbocycles. The number of nitrogens with zero attached hydrogens (tertiary/aromatic N) is 2. The molecule has 114 valence electrons. The number of carbonyl (C=O) groups excluding carboxylic acids is 1. The molecule has 1 heterocycles. The number of aryl methyl sites for hydroxylation is 1. The molecular weight excluding hydrogens is 270 g/mol. The van der Waals surface area contributed by atoms with E-state index in [9.17, 15) is 14.9 Å². The van der Waals surface area contributed by atoms with Crippen molar-refractivity contribution in [2.24, 2.45) is 0 Å². The van der Waals surface area contributed by atoms with Gasteiger partial charge in [0.15, 0.2) is 0 Å². The summed E-state index contributed by atoms with van der Waals surface area (Å²) < 4.78 is 0. The van der Waals surface area contributed by atoms with Crippen LogP contribution in [0.15, 0.2) is 18.2 Å². The normalized spacial score (nSPS) is 14.8. The highest BCUT2D eigenvalue weighted by atomic mass is 16.6. The van der Waals surface area contributed by atoms with Crippen LogP contribution in [-0.2, 0) is 4.79 Å². The molecular formula is C15H21N3O3. The molecule has 1 aromatic rings. The first-order valence-corrected chi connectivity index (χ1v) is 7.34. The second kappa shape index (κ2) is 7.06. The van der Waals surface area contributed by atoms with Crippen LogP contribution < -0.4 is 5.32 Å². The average molecular weight is 291 g/mol. The Labute approximate surface area is 124 Å². The van der Waals surface area contributed by atoms with Crippen LogP contribution in [-0.4, -0.2) is 35.4 Å². The van der Waals surface area contributed by atoms with Gasteiger partial charge in [0.2, 0.25) is 5.91 Å². The molecule has 6 nitrogen and oxygen atoms in total. The van der Waals surface area contributed by atoms with E-state index in [1.165, 1.54) is 12.5 Å². The maximum absolute atomic E-state index is 12.0. The molecule has 0 radical (unpaired) electrons. The van der Waals surface area contributed by atoms with E-state index >= 15 is 0 Å². The van der Waals surface area contributed by atoms with Crippen molar-refractivity contribution in [2.75, 3.05) is 25.0 Å². The third-order valence-electron chi connectivity index (χ3n) is 3.78. The molecule has 1 aromatic carbocycles. The number of anilines is 1. The molecule has 2 rings (SSSR count). The number of nitrogens with one attached hydrogen (secondary N) is 1. The van der Waals surface area contributed by atoms with Crippen LogP contribution >= 0.6 is 0 Å². The summed E-state index contributed by atoms with van der Waals surface area (Å²) >= 11 is 0. The summed E-state index contributed by atoms with van der Waals surface area (Å²) in [5.74, 6) is 0.156. The molecule has 0 unspecified atom stereocenters. The molecule has 0 saturated carbocycles. The van der Waals surface area contributed by atoms with Crippen LogP contribution in [0.5, 0.6) is 0 Å². The Hall–Kier alpha value is -2.11. The Bertz CT molecular complexity index is 525. The third-order valence-corrected chi connectivity index (χ3v) is 3.78. The number of piperidine rings is 1. The molecule has 1 aliphatic heterocycles. The fraction of sp³-hybridized carbons (Fsp3) is 0.533. The van der Waals surface area contributed by atoms with Gasteiger partial charge in [-0.05, 0) is 32.3 Å². The number of hydrogen-bond acceptors (Lipinski definition) is 4. The summed E-state index contributed by atoms with van der Waals surface area (Å²) in [6, 6.07) is 5.03. The van der Waals surface area contributed by atoms with Gasteiger partial charge in [-0.25, -0.2) is 0 Å². The summed E-state index contributed by atoms with van der Waals surface area (Å²) in [5, 5.41) is 14.0. The Morgan fingerprint density at radius 3 is 2.71 bits per heavy atom. The zero-order chi connectivity index (χ0) is 15.2. The van der Waals surface area contributed by atoms with E-state index in [1.54, 1.807) is 19.1 Å². The van der Waals surface area contributed by atoms with Gasteiger partial charge in [-0.1, -0.05) is 6.07 Å². The number of likely N-dealkylation sites (tertiary alicyclic amines) is 1.